The number of aromatic nitrogens is 2. The highest BCUT2D eigenvalue weighted by atomic mass is 16.5. The number of para-hydroxylation sites is 1. The molecule has 3 aromatic rings. The minimum Gasteiger partial charge on any atom is -0.496 e. The van der Waals surface area contributed by atoms with Crippen LogP contribution in [-0.2, 0) is 7.05 Å². The number of rotatable bonds is 8. The number of unbranched alkanes of at least 4 members (excludes halogenated alkanes) is 1. The molecule has 33 heavy (non-hydrogen) atoms. The zero-order chi connectivity index (χ0) is 23.5. The van der Waals surface area contributed by atoms with Crippen molar-refractivity contribution in [1.29, 1.82) is 0 Å². The molecule has 2 heterocycles. The number of hydrogen-bond donors (Lipinski definition) is 1. The second-order valence-corrected chi connectivity index (χ2v) is 7.92. The van der Waals surface area contributed by atoms with Crippen LogP contribution in [0.25, 0.3) is 0 Å². The highest BCUT2D eigenvalue weighted by Crippen LogP contribution is 2.30. The zero-order valence-electron chi connectivity index (χ0n) is 18.9. The minimum atomic E-state index is -0.583. The Labute approximate surface area is 192 Å². The first kappa shape index (κ1) is 22.3. The molecular weight excluding hydrogens is 420 g/mol. The summed E-state index contributed by atoms with van der Waals surface area (Å²) in [5.41, 5.74) is 1.63. The van der Waals surface area contributed by atoms with Crippen LogP contribution in [0.3, 0.4) is 0 Å². The molecule has 8 nitrogen and oxygen atoms in total. The largest absolute Gasteiger partial charge is 0.496 e. The summed E-state index contributed by atoms with van der Waals surface area (Å²) in [6, 6.07) is 11.4. The molecule has 1 N–H and O–H groups in total. The van der Waals surface area contributed by atoms with E-state index in [4.69, 9.17) is 4.74 Å². The Kier molecular flexibility index (Phi) is 6.26. The van der Waals surface area contributed by atoms with E-state index < -0.39 is 6.04 Å². The standard InChI is InChI=1S/C25H26N4O4/c1-4-5-13-29-24(31)17-11-10-16(15-19(17)25(29)32)23(30)27-21(22-26-12-14-28(22)2)18-8-6-7-9-20(18)33-3/h6-12,14-15,21H,4-5,13H2,1-3H3,(H,27,30). The summed E-state index contributed by atoms with van der Waals surface area (Å²) in [4.78, 5) is 44.3. The second kappa shape index (κ2) is 9.28. The first-order valence-corrected chi connectivity index (χ1v) is 10.9. The number of aryl methyl sites for hydroxylation is 1. The molecule has 0 aliphatic carbocycles. The van der Waals surface area contributed by atoms with Crippen LogP contribution in [0.2, 0.25) is 0 Å². The van der Waals surface area contributed by atoms with Crippen molar-refractivity contribution >= 4 is 17.7 Å². The number of amides is 3. The van der Waals surface area contributed by atoms with Crippen molar-refractivity contribution in [3.8, 4) is 5.75 Å². The first-order valence-electron chi connectivity index (χ1n) is 10.9. The van der Waals surface area contributed by atoms with E-state index in [0.29, 0.717) is 29.2 Å². The maximum atomic E-state index is 13.3. The van der Waals surface area contributed by atoms with Crippen molar-refractivity contribution in [3.05, 3.63) is 82.9 Å². The number of hydrogen-bond acceptors (Lipinski definition) is 5. The first-order chi connectivity index (χ1) is 16.0. The van der Waals surface area contributed by atoms with E-state index in [1.54, 1.807) is 31.6 Å². The molecule has 0 saturated carbocycles. The van der Waals surface area contributed by atoms with E-state index >= 15 is 0 Å². The number of fused-ring (bicyclic) bond motifs is 1. The molecule has 0 radical (unpaired) electrons. The molecule has 4 rings (SSSR count). The maximum Gasteiger partial charge on any atom is 0.261 e. The lowest BCUT2D eigenvalue weighted by molar-refractivity contribution is 0.0652. The Morgan fingerprint density at radius 1 is 1.12 bits per heavy atom. The van der Waals surface area contributed by atoms with Crippen molar-refractivity contribution in [2.75, 3.05) is 13.7 Å². The normalized spacial score (nSPS) is 13.7. The number of carbonyl (C=O) groups is 3. The van der Waals surface area contributed by atoms with Crippen LogP contribution >= 0.6 is 0 Å². The van der Waals surface area contributed by atoms with E-state index in [0.717, 1.165) is 18.4 Å². The van der Waals surface area contributed by atoms with Gasteiger partial charge in [-0.1, -0.05) is 31.5 Å². The predicted octanol–water partition coefficient (Wildman–Crippen LogP) is 3.34. The summed E-state index contributed by atoms with van der Waals surface area (Å²) in [5.74, 6) is 0.195. The molecule has 1 unspecified atom stereocenters. The summed E-state index contributed by atoms with van der Waals surface area (Å²) < 4.78 is 7.33. The van der Waals surface area contributed by atoms with E-state index in [1.165, 1.54) is 11.0 Å². The van der Waals surface area contributed by atoms with Crippen molar-refractivity contribution in [3.63, 3.8) is 0 Å². The summed E-state index contributed by atoms with van der Waals surface area (Å²) in [6.07, 6.45) is 5.07. The molecular formula is C25H26N4O4. The Balaban J connectivity index is 1.65. The van der Waals surface area contributed by atoms with E-state index in [-0.39, 0.29) is 23.3 Å². The lowest BCUT2D eigenvalue weighted by Crippen LogP contribution is -2.31. The molecule has 170 valence electrons. The smallest absolute Gasteiger partial charge is 0.261 e. The van der Waals surface area contributed by atoms with Crippen LogP contribution < -0.4 is 10.1 Å². The quantitative estimate of drug-likeness (QED) is 0.536. The molecule has 1 aliphatic heterocycles. The van der Waals surface area contributed by atoms with Gasteiger partial charge < -0.3 is 14.6 Å². The molecule has 1 atom stereocenters. The van der Waals surface area contributed by atoms with E-state index in [1.807, 2.05) is 42.8 Å². The van der Waals surface area contributed by atoms with Crippen LogP contribution in [0.4, 0.5) is 0 Å². The number of imidazole rings is 1. The van der Waals surface area contributed by atoms with Crippen LogP contribution in [-0.4, -0.2) is 45.8 Å². The van der Waals surface area contributed by atoms with Crippen LogP contribution in [0.15, 0.2) is 54.9 Å². The van der Waals surface area contributed by atoms with Gasteiger partial charge in [-0.05, 0) is 30.7 Å². The average Bonchev–Trinajstić information content (AvgIpc) is 3.36. The number of carbonyl (C=O) groups excluding carboxylic acids is 3. The summed E-state index contributed by atoms with van der Waals surface area (Å²) in [6.45, 7) is 2.37. The maximum absolute atomic E-state index is 13.3. The molecule has 1 aromatic heterocycles. The van der Waals surface area contributed by atoms with Crippen LogP contribution in [0.5, 0.6) is 5.75 Å². The van der Waals surface area contributed by atoms with Gasteiger partial charge >= 0.3 is 0 Å². The van der Waals surface area contributed by atoms with Crippen molar-refractivity contribution in [1.82, 2.24) is 19.8 Å². The van der Waals surface area contributed by atoms with Gasteiger partial charge in [0.2, 0.25) is 0 Å². The predicted molar refractivity (Wildman–Crippen MR) is 122 cm³/mol. The Morgan fingerprint density at radius 2 is 1.88 bits per heavy atom. The van der Waals surface area contributed by atoms with Crippen molar-refractivity contribution in [2.24, 2.45) is 7.05 Å². The van der Waals surface area contributed by atoms with Gasteiger partial charge in [0.25, 0.3) is 17.7 Å². The number of benzene rings is 2. The molecule has 2 aromatic carbocycles. The summed E-state index contributed by atoms with van der Waals surface area (Å²) in [5, 5.41) is 3.02. The fourth-order valence-electron chi connectivity index (χ4n) is 4.01. The Bertz CT molecular complexity index is 1220. The number of nitrogens with zero attached hydrogens (tertiary/aromatic N) is 3. The fourth-order valence-corrected chi connectivity index (χ4v) is 4.01. The molecule has 1 aliphatic rings. The fraction of sp³-hybridized carbons (Fsp3) is 0.280. The van der Waals surface area contributed by atoms with Crippen LogP contribution in [0.1, 0.15) is 68.3 Å². The number of ether oxygens (including phenoxy) is 1. The second-order valence-electron chi connectivity index (χ2n) is 7.92. The van der Waals surface area contributed by atoms with Gasteiger partial charge in [-0.2, -0.15) is 0 Å². The van der Waals surface area contributed by atoms with Gasteiger partial charge in [0.05, 0.1) is 18.2 Å². The van der Waals surface area contributed by atoms with Gasteiger partial charge in [-0.25, -0.2) is 4.98 Å². The third-order valence-electron chi connectivity index (χ3n) is 5.81. The van der Waals surface area contributed by atoms with Gasteiger partial charge in [0, 0.05) is 37.1 Å². The third-order valence-corrected chi connectivity index (χ3v) is 5.81. The van der Waals surface area contributed by atoms with Gasteiger partial charge in [0.1, 0.15) is 17.6 Å². The van der Waals surface area contributed by atoms with Gasteiger partial charge in [-0.15, -0.1) is 0 Å². The molecule has 0 bridgehead atoms. The van der Waals surface area contributed by atoms with E-state index in [2.05, 4.69) is 10.3 Å². The Hall–Kier alpha value is -3.94. The summed E-state index contributed by atoms with van der Waals surface area (Å²) in [7, 11) is 3.42. The number of nitrogens with one attached hydrogen (secondary N) is 1. The molecule has 0 fully saturated rings. The molecule has 0 spiro atoms. The lowest BCUT2D eigenvalue weighted by atomic mass is 10.0. The van der Waals surface area contributed by atoms with Gasteiger partial charge in [-0.3, -0.25) is 19.3 Å². The monoisotopic (exact) mass is 446 g/mol. The van der Waals surface area contributed by atoms with Crippen molar-refractivity contribution < 1.29 is 19.1 Å². The highest BCUT2D eigenvalue weighted by Gasteiger charge is 2.35. The van der Waals surface area contributed by atoms with Crippen molar-refractivity contribution in [2.45, 2.75) is 25.8 Å². The topological polar surface area (TPSA) is 93.5 Å². The average molecular weight is 447 g/mol. The lowest BCUT2D eigenvalue weighted by Gasteiger charge is -2.21. The highest BCUT2D eigenvalue weighted by molar-refractivity contribution is 6.22. The SMILES string of the molecule is CCCCN1C(=O)c2ccc(C(=O)NC(c3ccccc3OC)c3nccn3C)cc2C1=O. The zero-order valence-corrected chi connectivity index (χ0v) is 18.9. The molecule has 8 heteroatoms. The number of imide groups is 1. The molecule has 3 amide bonds. The number of methoxy groups -OCH3 is 1. The van der Waals surface area contributed by atoms with Crippen LogP contribution in [0, 0.1) is 0 Å². The molecule has 0 saturated heterocycles. The third kappa shape index (κ3) is 4.11. The minimum absolute atomic E-state index is 0.259. The summed E-state index contributed by atoms with van der Waals surface area (Å²) >= 11 is 0. The van der Waals surface area contributed by atoms with E-state index in [9.17, 15) is 14.4 Å². The van der Waals surface area contributed by atoms with Gasteiger partial charge in [0.15, 0.2) is 0 Å². The Morgan fingerprint density at radius 3 is 2.58 bits per heavy atom.